The van der Waals surface area contributed by atoms with Crippen LogP contribution in [0.2, 0.25) is 0 Å². The molecule has 17 heavy (non-hydrogen) atoms. The standard InChI is InChI=1S/C13H13N3O/c1-2-11(10-17)8-12-9-14-16(15-12)13-6-4-3-5-7-13/h3-10H,2H2,1H3. The Morgan fingerprint density at radius 3 is 2.76 bits per heavy atom. The van der Waals surface area contributed by atoms with Gasteiger partial charge in [0.1, 0.15) is 12.0 Å². The molecule has 0 N–H and O–H groups in total. The van der Waals surface area contributed by atoms with Crippen molar-refractivity contribution < 1.29 is 4.79 Å². The van der Waals surface area contributed by atoms with Gasteiger partial charge in [0.2, 0.25) is 0 Å². The van der Waals surface area contributed by atoms with Crippen LogP contribution >= 0.6 is 0 Å². The molecule has 2 aromatic rings. The molecule has 86 valence electrons. The zero-order valence-corrected chi connectivity index (χ0v) is 9.58. The molecule has 0 saturated heterocycles. The molecular formula is C13H13N3O. The number of carbonyl (C=O) groups excluding carboxylic acids is 1. The minimum atomic E-state index is 0.692. The summed E-state index contributed by atoms with van der Waals surface area (Å²) in [6.45, 7) is 1.93. The van der Waals surface area contributed by atoms with Crippen LogP contribution in [0.4, 0.5) is 0 Å². The molecule has 0 aliphatic rings. The second-order valence-corrected chi connectivity index (χ2v) is 3.59. The van der Waals surface area contributed by atoms with Crippen molar-refractivity contribution in [1.82, 2.24) is 15.0 Å². The fourth-order valence-electron chi connectivity index (χ4n) is 1.44. The van der Waals surface area contributed by atoms with Crippen molar-refractivity contribution in [2.45, 2.75) is 13.3 Å². The maximum absolute atomic E-state index is 10.7. The Labute approximate surface area is 99.6 Å². The number of benzene rings is 1. The van der Waals surface area contributed by atoms with Crippen molar-refractivity contribution in [1.29, 1.82) is 0 Å². The molecular weight excluding hydrogens is 214 g/mol. The molecule has 2 rings (SSSR count). The van der Waals surface area contributed by atoms with E-state index in [1.807, 2.05) is 37.3 Å². The molecule has 1 heterocycles. The van der Waals surface area contributed by atoms with Crippen molar-refractivity contribution >= 4 is 12.4 Å². The van der Waals surface area contributed by atoms with E-state index in [1.165, 1.54) is 0 Å². The summed E-state index contributed by atoms with van der Waals surface area (Å²) in [6, 6.07) is 9.64. The average Bonchev–Trinajstić information content (AvgIpc) is 2.85. The lowest BCUT2D eigenvalue weighted by Gasteiger charge is -1.96. The third-order valence-corrected chi connectivity index (χ3v) is 2.39. The Balaban J connectivity index is 2.28. The Bertz CT molecular complexity index is 529. The minimum Gasteiger partial charge on any atom is -0.298 e. The van der Waals surface area contributed by atoms with Crippen LogP contribution in [0, 0.1) is 0 Å². The molecule has 0 radical (unpaired) electrons. The minimum absolute atomic E-state index is 0.692. The van der Waals surface area contributed by atoms with Gasteiger partial charge in [0.25, 0.3) is 0 Å². The fourth-order valence-corrected chi connectivity index (χ4v) is 1.44. The maximum Gasteiger partial charge on any atom is 0.146 e. The molecule has 1 aromatic heterocycles. The second kappa shape index (κ2) is 5.21. The fraction of sp³-hybridized carbons (Fsp3) is 0.154. The van der Waals surface area contributed by atoms with Crippen LogP contribution in [0.5, 0.6) is 0 Å². The lowest BCUT2D eigenvalue weighted by atomic mass is 10.2. The first-order chi connectivity index (χ1) is 8.33. The molecule has 0 amide bonds. The summed E-state index contributed by atoms with van der Waals surface area (Å²) in [5.41, 5.74) is 2.30. The number of hydrogen-bond acceptors (Lipinski definition) is 3. The summed E-state index contributed by atoms with van der Waals surface area (Å²) in [6.07, 6.45) is 4.94. The third kappa shape index (κ3) is 2.66. The molecule has 4 nitrogen and oxygen atoms in total. The summed E-state index contributed by atoms with van der Waals surface area (Å²) in [4.78, 5) is 12.2. The van der Waals surface area contributed by atoms with Gasteiger partial charge < -0.3 is 0 Å². The first-order valence-electron chi connectivity index (χ1n) is 5.47. The highest BCUT2D eigenvalue weighted by Gasteiger charge is 2.01. The van der Waals surface area contributed by atoms with Crippen LogP contribution in [0.25, 0.3) is 11.8 Å². The van der Waals surface area contributed by atoms with Gasteiger partial charge in [-0.05, 0) is 30.2 Å². The zero-order valence-electron chi connectivity index (χ0n) is 9.58. The van der Waals surface area contributed by atoms with Crippen LogP contribution in [-0.4, -0.2) is 21.3 Å². The number of para-hydroxylation sites is 1. The van der Waals surface area contributed by atoms with Crippen LogP contribution < -0.4 is 0 Å². The Morgan fingerprint density at radius 2 is 2.12 bits per heavy atom. The summed E-state index contributed by atoms with van der Waals surface area (Å²) in [5.74, 6) is 0. The van der Waals surface area contributed by atoms with Crippen molar-refractivity contribution in [3.63, 3.8) is 0 Å². The maximum atomic E-state index is 10.7. The molecule has 0 saturated carbocycles. The molecule has 0 bridgehead atoms. The lowest BCUT2D eigenvalue weighted by molar-refractivity contribution is -0.104. The predicted molar refractivity (Wildman–Crippen MR) is 65.7 cm³/mol. The first-order valence-corrected chi connectivity index (χ1v) is 5.47. The largest absolute Gasteiger partial charge is 0.298 e. The van der Waals surface area contributed by atoms with Gasteiger partial charge in [-0.15, -0.1) is 5.10 Å². The smallest absolute Gasteiger partial charge is 0.146 e. The van der Waals surface area contributed by atoms with E-state index in [1.54, 1.807) is 17.1 Å². The number of aldehydes is 1. The van der Waals surface area contributed by atoms with Gasteiger partial charge in [-0.2, -0.15) is 9.90 Å². The quantitative estimate of drug-likeness (QED) is 0.594. The Kier molecular flexibility index (Phi) is 3.45. The highest BCUT2D eigenvalue weighted by atomic mass is 16.1. The van der Waals surface area contributed by atoms with E-state index in [2.05, 4.69) is 10.2 Å². The van der Waals surface area contributed by atoms with E-state index >= 15 is 0 Å². The molecule has 1 aromatic carbocycles. The third-order valence-electron chi connectivity index (χ3n) is 2.39. The van der Waals surface area contributed by atoms with Gasteiger partial charge in [0, 0.05) is 0 Å². The topological polar surface area (TPSA) is 47.8 Å². The second-order valence-electron chi connectivity index (χ2n) is 3.59. The number of rotatable bonds is 4. The summed E-state index contributed by atoms with van der Waals surface area (Å²) < 4.78 is 0. The molecule has 0 aliphatic heterocycles. The summed E-state index contributed by atoms with van der Waals surface area (Å²) in [7, 11) is 0. The molecule has 4 heteroatoms. The van der Waals surface area contributed by atoms with Gasteiger partial charge in [0.15, 0.2) is 0 Å². The first kappa shape index (κ1) is 11.3. The summed E-state index contributed by atoms with van der Waals surface area (Å²) in [5, 5.41) is 8.44. The monoisotopic (exact) mass is 227 g/mol. The van der Waals surface area contributed by atoms with Crippen LogP contribution in [0.1, 0.15) is 19.0 Å². The van der Waals surface area contributed by atoms with Crippen molar-refractivity contribution in [3.8, 4) is 5.69 Å². The molecule has 0 atom stereocenters. The molecule has 0 aliphatic carbocycles. The van der Waals surface area contributed by atoms with Gasteiger partial charge in [0.05, 0.1) is 11.9 Å². The van der Waals surface area contributed by atoms with E-state index in [0.29, 0.717) is 17.7 Å². The zero-order chi connectivity index (χ0) is 12.1. The normalized spacial score (nSPS) is 11.5. The van der Waals surface area contributed by atoms with Crippen molar-refractivity contribution in [2.24, 2.45) is 0 Å². The Morgan fingerprint density at radius 1 is 1.35 bits per heavy atom. The van der Waals surface area contributed by atoms with E-state index in [-0.39, 0.29) is 0 Å². The number of allylic oxidation sites excluding steroid dienone is 1. The number of carbonyl (C=O) groups is 1. The van der Waals surface area contributed by atoms with Gasteiger partial charge in [-0.25, -0.2) is 0 Å². The SMILES string of the molecule is CCC(C=O)=Cc1cnn(-c2ccccc2)n1. The van der Waals surface area contributed by atoms with Gasteiger partial charge >= 0.3 is 0 Å². The predicted octanol–water partition coefficient (Wildman–Crippen LogP) is 2.26. The lowest BCUT2D eigenvalue weighted by Crippen LogP contribution is -1.97. The van der Waals surface area contributed by atoms with E-state index in [4.69, 9.17) is 0 Å². The average molecular weight is 227 g/mol. The number of hydrogen-bond donors (Lipinski definition) is 0. The molecule has 0 spiro atoms. The van der Waals surface area contributed by atoms with Crippen LogP contribution in [-0.2, 0) is 4.79 Å². The molecule has 0 unspecified atom stereocenters. The van der Waals surface area contributed by atoms with Gasteiger partial charge in [-0.1, -0.05) is 25.1 Å². The van der Waals surface area contributed by atoms with E-state index in [0.717, 1.165) is 12.0 Å². The summed E-state index contributed by atoms with van der Waals surface area (Å²) >= 11 is 0. The van der Waals surface area contributed by atoms with Crippen LogP contribution in [0.15, 0.2) is 42.1 Å². The number of aromatic nitrogens is 3. The highest BCUT2D eigenvalue weighted by Crippen LogP contribution is 2.07. The van der Waals surface area contributed by atoms with E-state index in [9.17, 15) is 4.79 Å². The van der Waals surface area contributed by atoms with Gasteiger partial charge in [-0.3, -0.25) is 4.79 Å². The number of nitrogens with zero attached hydrogens (tertiary/aromatic N) is 3. The van der Waals surface area contributed by atoms with Crippen LogP contribution in [0.3, 0.4) is 0 Å². The van der Waals surface area contributed by atoms with Crippen molar-refractivity contribution in [3.05, 3.63) is 47.8 Å². The highest BCUT2D eigenvalue weighted by molar-refractivity contribution is 5.80. The van der Waals surface area contributed by atoms with E-state index < -0.39 is 0 Å². The molecule has 0 fully saturated rings. The van der Waals surface area contributed by atoms with Crippen molar-refractivity contribution in [2.75, 3.05) is 0 Å². The Hall–Kier alpha value is -2.23.